The van der Waals surface area contributed by atoms with Crippen LogP contribution in [-0.4, -0.2) is 39.5 Å². The molecule has 10 heteroatoms. The van der Waals surface area contributed by atoms with E-state index in [9.17, 15) is 9.59 Å². The van der Waals surface area contributed by atoms with Crippen LogP contribution < -0.4 is 5.32 Å². The van der Waals surface area contributed by atoms with E-state index in [2.05, 4.69) is 51.4 Å². The Balaban J connectivity index is 1.35. The lowest BCUT2D eigenvalue weighted by molar-refractivity contribution is -0.113. The summed E-state index contributed by atoms with van der Waals surface area (Å²) in [6, 6.07) is 10.3. The van der Waals surface area contributed by atoms with Gasteiger partial charge in [-0.2, -0.15) is 0 Å². The highest BCUT2D eigenvalue weighted by Crippen LogP contribution is 2.40. The molecule has 0 saturated carbocycles. The summed E-state index contributed by atoms with van der Waals surface area (Å²) >= 11 is 4.57. The Morgan fingerprint density at radius 1 is 1.10 bits per heavy atom. The van der Waals surface area contributed by atoms with Crippen LogP contribution in [0.1, 0.15) is 58.3 Å². The molecule has 0 fully saturated rings. The predicted molar refractivity (Wildman–Crippen MR) is 160 cm³/mol. The third kappa shape index (κ3) is 5.83. The van der Waals surface area contributed by atoms with E-state index in [0.29, 0.717) is 22.3 Å². The second-order valence-corrected chi connectivity index (χ2v) is 12.6. The number of benzene rings is 1. The minimum atomic E-state index is -0.383. The number of anilines is 1. The average molecular weight is 581 g/mol. The highest BCUT2D eigenvalue weighted by atomic mass is 32.2. The molecule has 0 bridgehead atoms. The van der Waals surface area contributed by atoms with Crippen LogP contribution in [0.15, 0.2) is 40.9 Å². The number of thiophene rings is 2. The highest BCUT2D eigenvalue weighted by molar-refractivity contribution is 7.99. The third-order valence-corrected chi connectivity index (χ3v) is 10.0. The van der Waals surface area contributed by atoms with E-state index >= 15 is 0 Å². The fourth-order valence-electron chi connectivity index (χ4n) is 5.08. The molecule has 1 aliphatic carbocycles. The maximum atomic E-state index is 13.1. The van der Waals surface area contributed by atoms with Gasteiger partial charge in [0.25, 0.3) is 0 Å². The van der Waals surface area contributed by atoms with Crippen molar-refractivity contribution < 1.29 is 14.3 Å². The molecule has 39 heavy (non-hydrogen) atoms. The number of nitrogens with one attached hydrogen (secondary N) is 1. The third-order valence-electron chi connectivity index (χ3n) is 6.96. The molecular formula is C29H32N4O3S3. The molecule has 1 aliphatic rings. The number of methoxy groups -OCH3 is 1. The fourth-order valence-corrected chi connectivity index (χ4v) is 8.04. The largest absolute Gasteiger partial charge is 0.465 e. The molecule has 0 radical (unpaired) electrons. The van der Waals surface area contributed by atoms with Crippen molar-refractivity contribution in [3.05, 3.63) is 56.6 Å². The first-order valence-electron chi connectivity index (χ1n) is 13.2. The van der Waals surface area contributed by atoms with E-state index in [1.54, 1.807) is 11.3 Å². The van der Waals surface area contributed by atoms with Gasteiger partial charge >= 0.3 is 5.97 Å². The number of amides is 1. The van der Waals surface area contributed by atoms with Crippen LogP contribution in [0.5, 0.6) is 0 Å². The van der Waals surface area contributed by atoms with Gasteiger partial charge in [0.2, 0.25) is 5.91 Å². The molecule has 0 spiro atoms. The van der Waals surface area contributed by atoms with Gasteiger partial charge in [-0.05, 0) is 50.7 Å². The molecule has 3 heterocycles. The Hall–Kier alpha value is -2.95. The van der Waals surface area contributed by atoms with E-state index in [1.165, 1.54) is 51.9 Å². The topological polar surface area (TPSA) is 86.1 Å². The van der Waals surface area contributed by atoms with Crippen LogP contribution in [0.25, 0.3) is 22.5 Å². The monoisotopic (exact) mass is 580 g/mol. The molecule has 1 N–H and O–H groups in total. The van der Waals surface area contributed by atoms with Gasteiger partial charge in [-0.25, -0.2) is 4.79 Å². The maximum Gasteiger partial charge on any atom is 0.341 e. The molecule has 1 aromatic carbocycles. The summed E-state index contributed by atoms with van der Waals surface area (Å²) in [4.78, 5) is 28.2. The molecule has 7 nitrogen and oxygen atoms in total. The second-order valence-electron chi connectivity index (χ2n) is 9.45. The summed E-state index contributed by atoms with van der Waals surface area (Å²) in [6.07, 6.45) is 6.27. The zero-order chi connectivity index (χ0) is 27.4. The first-order valence-corrected chi connectivity index (χ1v) is 15.9. The van der Waals surface area contributed by atoms with Crippen molar-refractivity contribution in [2.75, 3.05) is 18.2 Å². The SMILES string of the molecule is CCn1c(SCC(=O)Nc2sc3c(c2C(=O)OC)CCCCCC3)nnc1-c1csc(C)c1-c1ccccc1. The molecule has 0 unspecified atom stereocenters. The molecule has 1 amide bonds. The lowest BCUT2D eigenvalue weighted by Gasteiger charge is -2.11. The van der Waals surface area contributed by atoms with E-state index in [0.717, 1.165) is 54.6 Å². The Bertz CT molecular complexity index is 1470. The van der Waals surface area contributed by atoms with Crippen LogP contribution >= 0.6 is 34.4 Å². The molecule has 4 aromatic rings. The van der Waals surface area contributed by atoms with E-state index in [4.69, 9.17) is 4.74 Å². The van der Waals surface area contributed by atoms with Crippen LogP contribution in [-0.2, 0) is 28.9 Å². The van der Waals surface area contributed by atoms with Crippen molar-refractivity contribution in [1.82, 2.24) is 14.8 Å². The number of rotatable bonds is 8. The highest BCUT2D eigenvalue weighted by Gasteiger charge is 2.26. The van der Waals surface area contributed by atoms with Gasteiger partial charge in [0.1, 0.15) is 5.00 Å². The number of carbonyl (C=O) groups is 2. The summed E-state index contributed by atoms with van der Waals surface area (Å²) in [5, 5.41) is 15.4. The molecule has 0 aliphatic heterocycles. The number of aryl methyl sites for hydroxylation is 2. The van der Waals surface area contributed by atoms with Crippen molar-refractivity contribution >= 4 is 51.3 Å². The van der Waals surface area contributed by atoms with Crippen molar-refractivity contribution in [1.29, 1.82) is 0 Å². The van der Waals surface area contributed by atoms with Gasteiger partial charge in [0, 0.05) is 32.8 Å². The molecule has 5 rings (SSSR count). The van der Waals surface area contributed by atoms with Gasteiger partial charge in [-0.15, -0.1) is 32.9 Å². The first kappa shape index (κ1) is 27.6. The fraction of sp³-hybridized carbons (Fsp3) is 0.379. The molecule has 3 aromatic heterocycles. The zero-order valence-electron chi connectivity index (χ0n) is 22.4. The Morgan fingerprint density at radius 2 is 1.87 bits per heavy atom. The van der Waals surface area contributed by atoms with Crippen LogP contribution in [0, 0.1) is 6.92 Å². The van der Waals surface area contributed by atoms with Crippen LogP contribution in [0.4, 0.5) is 5.00 Å². The van der Waals surface area contributed by atoms with Gasteiger partial charge < -0.3 is 14.6 Å². The van der Waals surface area contributed by atoms with Crippen LogP contribution in [0.2, 0.25) is 0 Å². The van der Waals surface area contributed by atoms with Gasteiger partial charge in [-0.1, -0.05) is 54.9 Å². The number of carbonyl (C=O) groups excluding carboxylic acids is 2. The van der Waals surface area contributed by atoms with E-state index in [-0.39, 0.29) is 17.6 Å². The number of hydrogen-bond acceptors (Lipinski definition) is 8. The molecular weight excluding hydrogens is 549 g/mol. The minimum Gasteiger partial charge on any atom is -0.465 e. The number of fused-ring (bicyclic) bond motifs is 1. The lowest BCUT2D eigenvalue weighted by atomic mass is 9.96. The summed E-state index contributed by atoms with van der Waals surface area (Å²) in [5.74, 6) is 0.402. The van der Waals surface area contributed by atoms with Gasteiger partial charge in [0.05, 0.1) is 18.4 Å². The first-order chi connectivity index (χ1) is 19.0. The smallest absolute Gasteiger partial charge is 0.341 e. The molecule has 0 atom stereocenters. The number of hydrogen-bond donors (Lipinski definition) is 1. The Labute approximate surface area is 241 Å². The quantitative estimate of drug-likeness (QED) is 0.175. The maximum absolute atomic E-state index is 13.1. The lowest BCUT2D eigenvalue weighted by Crippen LogP contribution is -2.17. The summed E-state index contributed by atoms with van der Waals surface area (Å²) in [5.41, 5.74) is 4.94. The van der Waals surface area contributed by atoms with E-state index < -0.39 is 0 Å². The number of aromatic nitrogens is 3. The van der Waals surface area contributed by atoms with Crippen molar-refractivity contribution in [3.8, 4) is 22.5 Å². The normalized spacial score (nSPS) is 13.4. The second kappa shape index (κ2) is 12.5. The number of nitrogens with zero attached hydrogens (tertiary/aromatic N) is 3. The summed E-state index contributed by atoms with van der Waals surface area (Å²) in [6.45, 7) is 4.86. The minimum absolute atomic E-state index is 0.162. The van der Waals surface area contributed by atoms with Crippen LogP contribution in [0.3, 0.4) is 0 Å². The zero-order valence-corrected chi connectivity index (χ0v) is 24.9. The number of thioether (sulfide) groups is 1. The van der Waals surface area contributed by atoms with Crippen molar-refractivity contribution in [2.45, 2.75) is 64.1 Å². The summed E-state index contributed by atoms with van der Waals surface area (Å²) < 4.78 is 7.15. The van der Waals surface area contributed by atoms with Crippen molar-refractivity contribution in [3.63, 3.8) is 0 Å². The standard InChI is InChI=1S/C29H32N4O3S3/c1-4-33-26(21-16-37-18(2)24(21)19-12-8-7-9-13-19)31-32-29(33)38-17-23(34)30-27-25(28(35)36-3)20-14-10-5-6-11-15-22(20)39-27/h7-9,12-13,16H,4-6,10-11,14-15,17H2,1-3H3,(H,30,34). The Morgan fingerprint density at radius 3 is 2.62 bits per heavy atom. The van der Waals surface area contributed by atoms with Crippen molar-refractivity contribution in [2.24, 2.45) is 0 Å². The van der Waals surface area contributed by atoms with Gasteiger partial charge in [0.15, 0.2) is 11.0 Å². The predicted octanol–water partition coefficient (Wildman–Crippen LogP) is 7.24. The average Bonchev–Trinajstić information content (AvgIpc) is 3.62. The van der Waals surface area contributed by atoms with Gasteiger partial charge in [-0.3, -0.25) is 4.79 Å². The molecule has 204 valence electrons. The summed E-state index contributed by atoms with van der Waals surface area (Å²) in [7, 11) is 1.39. The number of esters is 1. The molecule has 0 saturated heterocycles. The van der Waals surface area contributed by atoms with E-state index in [1.807, 2.05) is 18.2 Å². The Kier molecular flexibility index (Phi) is 8.84. The number of ether oxygens (including phenoxy) is 1.